The highest BCUT2D eigenvalue weighted by Gasteiger charge is 2.16. The number of nitrogens with zero attached hydrogens (tertiary/aromatic N) is 3. The molecule has 0 bridgehead atoms. The number of rotatable bonds is 6. The van der Waals surface area contributed by atoms with Crippen molar-refractivity contribution in [2.45, 2.75) is 11.4 Å². The highest BCUT2D eigenvalue weighted by atomic mass is 32.2. The van der Waals surface area contributed by atoms with Crippen LogP contribution in [-0.4, -0.2) is 35.0 Å². The Bertz CT molecular complexity index is 1020. The maximum atomic E-state index is 12.6. The number of ketones is 1. The second-order valence-electron chi connectivity index (χ2n) is 5.47. The predicted octanol–water partition coefficient (Wildman–Crippen LogP) is 2.12. The van der Waals surface area contributed by atoms with Crippen LogP contribution >= 0.6 is 11.3 Å². The number of imidazole rings is 1. The van der Waals surface area contributed by atoms with E-state index in [9.17, 15) is 13.2 Å². The Balaban J connectivity index is 1.76. The van der Waals surface area contributed by atoms with Crippen molar-refractivity contribution in [3.05, 3.63) is 59.1 Å². The van der Waals surface area contributed by atoms with Crippen molar-refractivity contribution in [1.29, 1.82) is 0 Å². The van der Waals surface area contributed by atoms with Crippen LogP contribution < -0.4 is 5.32 Å². The van der Waals surface area contributed by atoms with Crippen molar-refractivity contribution in [3.8, 4) is 0 Å². The third kappa shape index (κ3) is 3.94. The summed E-state index contributed by atoms with van der Waals surface area (Å²) in [6.07, 6.45) is 6.16. The van der Waals surface area contributed by atoms with Crippen LogP contribution in [0.5, 0.6) is 0 Å². The molecule has 1 aromatic carbocycles. The Kier molecular flexibility index (Phi) is 4.69. The minimum Gasteiger partial charge on any atom is -0.354 e. The summed E-state index contributed by atoms with van der Waals surface area (Å²) >= 11 is 1.22. The fourth-order valence-corrected chi connectivity index (χ4v) is 3.63. The largest absolute Gasteiger partial charge is 0.354 e. The standard InChI is InChI=1S/C16H16N4O3S2/c1-20-7-6-17-14(20)10-19-16-18-9-13(24-16)15(21)11-4-3-5-12(8-11)25(2,22)23/h3-9H,10H2,1-2H3,(H,18,19). The minimum absolute atomic E-state index is 0.121. The van der Waals surface area contributed by atoms with Crippen molar-refractivity contribution >= 4 is 32.1 Å². The van der Waals surface area contributed by atoms with Gasteiger partial charge in [0.05, 0.1) is 22.5 Å². The molecule has 0 aliphatic heterocycles. The molecule has 0 atom stereocenters. The van der Waals surface area contributed by atoms with Crippen LogP contribution in [0.1, 0.15) is 21.1 Å². The minimum atomic E-state index is -3.36. The van der Waals surface area contributed by atoms with Gasteiger partial charge in [-0.1, -0.05) is 23.5 Å². The lowest BCUT2D eigenvalue weighted by molar-refractivity contribution is 0.104. The fraction of sp³-hybridized carbons (Fsp3) is 0.188. The van der Waals surface area contributed by atoms with Crippen LogP contribution in [0.4, 0.5) is 5.13 Å². The Morgan fingerprint density at radius 1 is 1.32 bits per heavy atom. The molecule has 1 N–H and O–H groups in total. The summed E-state index contributed by atoms with van der Waals surface area (Å²) in [4.78, 5) is 21.5. The van der Waals surface area contributed by atoms with Gasteiger partial charge in [-0.25, -0.2) is 18.4 Å². The SMILES string of the molecule is Cn1ccnc1CNc1ncc(C(=O)c2cccc(S(C)(=O)=O)c2)s1. The van der Waals surface area contributed by atoms with Crippen LogP contribution in [0.2, 0.25) is 0 Å². The first-order valence-electron chi connectivity index (χ1n) is 7.35. The summed E-state index contributed by atoms with van der Waals surface area (Å²) in [5.74, 6) is 0.594. The van der Waals surface area contributed by atoms with E-state index >= 15 is 0 Å². The van der Waals surface area contributed by atoms with Crippen LogP contribution in [0.25, 0.3) is 0 Å². The number of carbonyl (C=O) groups excluding carboxylic acids is 1. The molecule has 0 aliphatic carbocycles. The van der Waals surface area contributed by atoms with Gasteiger partial charge in [0.2, 0.25) is 5.78 Å². The predicted molar refractivity (Wildman–Crippen MR) is 95.6 cm³/mol. The highest BCUT2D eigenvalue weighted by molar-refractivity contribution is 7.90. The monoisotopic (exact) mass is 376 g/mol. The Morgan fingerprint density at radius 3 is 2.80 bits per heavy atom. The molecule has 3 rings (SSSR count). The van der Waals surface area contributed by atoms with Gasteiger partial charge < -0.3 is 9.88 Å². The summed E-state index contributed by atoms with van der Waals surface area (Å²) in [5, 5.41) is 3.73. The van der Waals surface area contributed by atoms with Gasteiger partial charge in [0.15, 0.2) is 15.0 Å². The van der Waals surface area contributed by atoms with Gasteiger partial charge in [0.25, 0.3) is 0 Å². The summed E-state index contributed by atoms with van der Waals surface area (Å²) in [6.45, 7) is 0.494. The Morgan fingerprint density at radius 2 is 2.12 bits per heavy atom. The van der Waals surface area contributed by atoms with E-state index in [-0.39, 0.29) is 10.7 Å². The first-order valence-corrected chi connectivity index (χ1v) is 10.1. The van der Waals surface area contributed by atoms with E-state index in [1.54, 1.807) is 18.3 Å². The molecule has 0 saturated heterocycles. The maximum absolute atomic E-state index is 12.6. The van der Waals surface area contributed by atoms with Gasteiger partial charge in [-0.3, -0.25) is 4.79 Å². The summed E-state index contributed by atoms with van der Waals surface area (Å²) in [6, 6.07) is 6.01. The van der Waals surface area contributed by atoms with Crippen molar-refractivity contribution in [2.75, 3.05) is 11.6 Å². The zero-order chi connectivity index (χ0) is 18.0. The summed E-state index contributed by atoms with van der Waals surface area (Å²) < 4.78 is 25.2. The van der Waals surface area contributed by atoms with Gasteiger partial charge in [-0.05, 0) is 12.1 Å². The number of nitrogens with one attached hydrogen (secondary N) is 1. The number of hydrogen-bond donors (Lipinski definition) is 1. The number of aryl methyl sites for hydroxylation is 1. The van der Waals surface area contributed by atoms with E-state index in [1.807, 2.05) is 17.8 Å². The Labute approximate surface area is 149 Å². The molecule has 0 radical (unpaired) electrons. The maximum Gasteiger partial charge on any atom is 0.204 e. The van der Waals surface area contributed by atoms with Crippen molar-refractivity contribution in [2.24, 2.45) is 7.05 Å². The lowest BCUT2D eigenvalue weighted by Gasteiger charge is -2.03. The first-order chi connectivity index (χ1) is 11.8. The van der Waals surface area contributed by atoms with Crippen LogP contribution in [0.15, 0.2) is 47.8 Å². The number of thiazole rings is 1. The molecule has 0 aliphatic rings. The number of benzene rings is 1. The van der Waals surface area contributed by atoms with Crippen LogP contribution in [-0.2, 0) is 23.4 Å². The molecule has 130 valence electrons. The summed E-state index contributed by atoms with van der Waals surface area (Å²) in [7, 11) is -1.46. The van der Waals surface area contributed by atoms with E-state index in [2.05, 4.69) is 15.3 Å². The zero-order valence-electron chi connectivity index (χ0n) is 13.6. The molecule has 2 aromatic heterocycles. The molecule has 0 fully saturated rings. The van der Waals surface area contributed by atoms with Crippen molar-refractivity contribution in [1.82, 2.24) is 14.5 Å². The molecular weight excluding hydrogens is 360 g/mol. The van der Waals surface area contributed by atoms with E-state index in [0.29, 0.717) is 22.1 Å². The fourth-order valence-electron chi connectivity index (χ4n) is 2.19. The van der Waals surface area contributed by atoms with Gasteiger partial charge >= 0.3 is 0 Å². The number of aromatic nitrogens is 3. The molecule has 7 nitrogen and oxygen atoms in total. The van der Waals surface area contributed by atoms with Gasteiger partial charge in [0.1, 0.15) is 5.82 Å². The highest BCUT2D eigenvalue weighted by Crippen LogP contribution is 2.23. The molecule has 9 heteroatoms. The number of anilines is 1. The zero-order valence-corrected chi connectivity index (χ0v) is 15.3. The molecular formula is C16H16N4O3S2. The van der Waals surface area contributed by atoms with Crippen LogP contribution in [0, 0.1) is 0 Å². The molecule has 0 unspecified atom stereocenters. The Hall–Kier alpha value is -2.52. The van der Waals surface area contributed by atoms with E-state index < -0.39 is 9.84 Å². The van der Waals surface area contributed by atoms with Gasteiger partial charge in [-0.15, -0.1) is 0 Å². The normalized spacial score (nSPS) is 11.4. The van der Waals surface area contributed by atoms with Gasteiger partial charge in [-0.2, -0.15) is 0 Å². The number of hydrogen-bond acceptors (Lipinski definition) is 7. The topological polar surface area (TPSA) is 93.9 Å². The molecule has 3 aromatic rings. The smallest absolute Gasteiger partial charge is 0.204 e. The van der Waals surface area contributed by atoms with E-state index in [0.717, 1.165) is 12.1 Å². The average molecular weight is 376 g/mol. The number of carbonyl (C=O) groups is 1. The lowest BCUT2D eigenvalue weighted by Crippen LogP contribution is -2.05. The third-order valence-corrected chi connectivity index (χ3v) is 5.64. The quantitative estimate of drug-likeness (QED) is 0.662. The lowest BCUT2D eigenvalue weighted by atomic mass is 10.1. The third-order valence-electron chi connectivity index (χ3n) is 3.57. The van der Waals surface area contributed by atoms with E-state index in [1.165, 1.54) is 29.7 Å². The van der Waals surface area contributed by atoms with Gasteiger partial charge in [0, 0.05) is 31.3 Å². The molecule has 0 saturated carbocycles. The second-order valence-corrected chi connectivity index (χ2v) is 8.51. The van der Waals surface area contributed by atoms with Crippen molar-refractivity contribution in [3.63, 3.8) is 0 Å². The molecule has 0 amide bonds. The molecule has 0 spiro atoms. The second kappa shape index (κ2) is 6.77. The van der Waals surface area contributed by atoms with Crippen LogP contribution in [0.3, 0.4) is 0 Å². The average Bonchev–Trinajstić information content (AvgIpc) is 3.20. The molecule has 25 heavy (non-hydrogen) atoms. The first kappa shape index (κ1) is 17.3. The number of sulfone groups is 1. The van der Waals surface area contributed by atoms with Crippen molar-refractivity contribution < 1.29 is 13.2 Å². The molecule has 2 heterocycles. The summed E-state index contributed by atoms with van der Waals surface area (Å²) in [5.41, 5.74) is 0.322. The van der Waals surface area contributed by atoms with E-state index in [4.69, 9.17) is 0 Å².